The van der Waals surface area contributed by atoms with Gasteiger partial charge in [-0.3, -0.25) is 0 Å². The molecular weight excluding hydrogens is 138 g/mol. The van der Waals surface area contributed by atoms with Crippen LogP contribution >= 0.6 is 0 Å². The normalized spacial score (nSPS) is 13.9. The van der Waals surface area contributed by atoms with Crippen LogP contribution in [0.1, 0.15) is 46.5 Å². The maximum atomic E-state index is 5.53. The molecule has 68 valence electrons. The highest BCUT2D eigenvalue weighted by atomic mass is 16.5. The minimum atomic E-state index is -0.113. The van der Waals surface area contributed by atoms with Crippen LogP contribution in [0.3, 0.4) is 0 Å². The molecule has 2 nitrogen and oxygen atoms in total. The van der Waals surface area contributed by atoms with Crippen molar-refractivity contribution in [2.45, 2.75) is 58.8 Å². The van der Waals surface area contributed by atoms with Crippen LogP contribution in [0.5, 0.6) is 0 Å². The summed E-state index contributed by atoms with van der Waals surface area (Å²) in [5, 5.41) is 0. The van der Waals surface area contributed by atoms with Crippen LogP contribution in [0.4, 0.5) is 0 Å². The standard InChI is InChI=1S/C9H21NO/c1-4-6-9(7-5-2)11-8(3)10/h8-9H,4-7,10H2,1-3H3. The maximum absolute atomic E-state index is 5.53. The van der Waals surface area contributed by atoms with Crippen molar-refractivity contribution in [3.63, 3.8) is 0 Å². The summed E-state index contributed by atoms with van der Waals surface area (Å²) in [4.78, 5) is 0. The Hall–Kier alpha value is -0.0800. The van der Waals surface area contributed by atoms with E-state index in [0.717, 1.165) is 12.8 Å². The van der Waals surface area contributed by atoms with E-state index in [0.29, 0.717) is 6.10 Å². The Morgan fingerprint density at radius 3 is 1.91 bits per heavy atom. The monoisotopic (exact) mass is 159 g/mol. The molecule has 0 rings (SSSR count). The Kier molecular flexibility index (Phi) is 6.57. The van der Waals surface area contributed by atoms with Gasteiger partial charge in [0.25, 0.3) is 0 Å². The van der Waals surface area contributed by atoms with Gasteiger partial charge in [0.05, 0.1) is 6.10 Å². The molecule has 0 aromatic rings. The van der Waals surface area contributed by atoms with Crippen LogP contribution < -0.4 is 5.73 Å². The van der Waals surface area contributed by atoms with Crippen molar-refractivity contribution in [1.29, 1.82) is 0 Å². The molecule has 2 N–H and O–H groups in total. The van der Waals surface area contributed by atoms with Crippen molar-refractivity contribution in [2.24, 2.45) is 5.73 Å². The van der Waals surface area contributed by atoms with Gasteiger partial charge in [0.2, 0.25) is 0 Å². The highest BCUT2D eigenvalue weighted by Crippen LogP contribution is 2.09. The number of hydrogen-bond acceptors (Lipinski definition) is 2. The van der Waals surface area contributed by atoms with Crippen LogP contribution in [0, 0.1) is 0 Å². The van der Waals surface area contributed by atoms with Crippen molar-refractivity contribution in [2.75, 3.05) is 0 Å². The molecule has 0 aromatic heterocycles. The van der Waals surface area contributed by atoms with E-state index in [1.165, 1.54) is 12.8 Å². The molecule has 0 heterocycles. The van der Waals surface area contributed by atoms with E-state index >= 15 is 0 Å². The Labute approximate surface area is 70.1 Å². The van der Waals surface area contributed by atoms with Gasteiger partial charge in [0.1, 0.15) is 6.23 Å². The number of nitrogens with two attached hydrogens (primary N) is 1. The van der Waals surface area contributed by atoms with Gasteiger partial charge in [-0.2, -0.15) is 0 Å². The topological polar surface area (TPSA) is 35.2 Å². The second-order valence-electron chi connectivity index (χ2n) is 3.04. The highest BCUT2D eigenvalue weighted by molar-refractivity contribution is 4.57. The van der Waals surface area contributed by atoms with E-state index in [-0.39, 0.29) is 6.23 Å². The third kappa shape index (κ3) is 6.32. The fourth-order valence-electron chi connectivity index (χ4n) is 1.23. The molecule has 0 aliphatic rings. The predicted octanol–water partition coefficient (Wildman–Crippen LogP) is 2.28. The van der Waals surface area contributed by atoms with Crippen LogP contribution in [0.25, 0.3) is 0 Å². The molecule has 0 radical (unpaired) electrons. The Bertz CT molecular complexity index is 77.6. The molecule has 11 heavy (non-hydrogen) atoms. The van der Waals surface area contributed by atoms with E-state index in [1.807, 2.05) is 6.92 Å². The van der Waals surface area contributed by atoms with Crippen molar-refractivity contribution < 1.29 is 4.74 Å². The first kappa shape index (κ1) is 10.9. The average molecular weight is 159 g/mol. The van der Waals surface area contributed by atoms with E-state index < -0.39 is 0 Å². The van der Waals surface area contributed by atoms with Gasteiger partial charge < -0.3 is 10.5 Å². The van der Waals surface area contributed by atoms with Gasteiger partial charge in [-0.1, -0.05) is 26.7 Å². The third-order valence-corrected chi connectivity index (χ3v) is 1.63. The Balaban J connectivity index is 3.50. The Morgan fingerprint density at radius 1 is 1.18 bits per heavy atom. The van der Waals surface area contributed by atoms with Gasteiger partial charge in [-0.15, -0.1) is 0 Å². The summed E-state index contributed by atoms with van der Waals surface area (Å²) in [5.74, 6) is 0. The molecule has 0 fully saturated rings. The number of rotatable bonds is 6. The summed E-state index contributed by atoms with van der Waals surface area (Å²) < 4.78 is 5.51. The number of ether oxygens (including phenoxy) is 1. The number of hydrogen-bond donors (Lipinski definition) is 1. The zero-order valence-electron chi connectivity index (χ0n) is 7.97. The smallest absolute Gasteiger partial charge is 0.103 e. The molecule has 2 heteroatoms. The lowest BCUT2D eigenvalue weighted by atomic mass is 10.1. The van der Waals surface area contributed by atoms with Crippen molar-refractivity contribution in [1.82, 2.24) is 0 Å². The molecule has 0 saturated carbocycles. The second kappa shape index (κ2) is 6.62. The first-order valence-electron chi connectivity index (χ1n) is 4.61. The van der Waals surface area contributed by atoms with Crippen LogP contribution in [0.2, 0.25) is 0 Å². The van der Waals surface area contributed by atoms with Gasteiger partial charge in [0.15, 0.2) is 0 Å². The zero-order valence-corrected chi connectivity index (χ0v) is 7.97. The molecule has 0 saturated heterocycles. The maximum Gasteiger partial charge on any atom is 0.103 e. The molecule has 0 bridgehead atoms. The summed E-state index contributed by atoms with van der Waals surface area (Å²) in [6.45, 7) is 6.23. The van der Waals surface area contributed by atoms with Crippen molar-refractivity contribution >= 4 is 0 Å². The molecule has 1 atom stereocenters. The van der Waals surface area contributed by atoms with Gasteiger partial charge in [-0.05, 0) is 19.8 Å². The van der Waals surface area contributed by atoms with E-state index in [2.05, 4.69) is 13.8 Å². The summed E-state index contributed by atoms with van der Waals surface area (Å²) in [5.41, 5.74) is 5.53. The summed E-state index contributed by atoms with van der Waals surface area (Å²) >= 11 is 0. The van der Waals surface area contributed by atoms with Crippen LogP contribution in [-0.2, 0) is 4.74 Å². The molecule has 0 amide bonds. The predicted molar refractivity (Wildman–Crippen MR) is 48.3 cm³/mol. The highest BCUT2D eigenvalue weighted by Gasteiger charge is 2.08. The van der Waals surface area contributed by atoms with Crippen molar-refractivity contribution in [3.8, 4) is 0 Å². The summed E-state index contributed by atoms with van der Waals surface area (Å²) in [6, 6.07) is 0. The van der Waals surface area contributed by atoms with Crippen molar-refractivity contribution in [3.05, 3.63) is 0 Å². The summed E-state index contributed by atoms with van der Waals surface area (Å²) in [6.07, 6.45) is 4.89. The van der Waals surface area contributed by atoms with Gasteiger partial charge in [0, 0.05) is 0 Å². The second-order valence-corrected chi connectivity index (χ2v) is 3.04. The minimum absolute atomic E-state index is 0.113. The molecule has 0 aliphatic carbocycles. The quantitative estimate of drug-likeness (QED) is 0.603. The first-order chi connectivity index (χ1) is 5.20. The molecule has 1 unspecified atom stereocenters. The van der Waals surface area contributed by atoms with E-state index in [4.69, 9.17) is 10.5 Å². The van der Waals surface area contributed by atoms with Crippen LogP contribution in [0.15, 0.2) is 0 Å². The van der Waals surface area contributed by atoms with Gasteiger partial charge in [-0.25, -0.2) is 0 Å². The third-order valence-electron chi connectivity index (χ3n) is 1.63. The Morgan fingerprint density at radius 2 is 1.64 bits per heavy atom. The first-order valence-corrected chi connectivity index (χ1v) is 4.61. The fraction of sp³-hybridized carbons (Fsp3) is 1.00. The molecular formula is C9H21NO. The lowest BCUT2D eigenvalue weighted by molar-refractivity contribution is -0.00807. The minimum Gasteiger partial charge on any atom is -0.361 e. The molecule has 0 aliphatic heterocycles. The van der Waals surface area contributed by atoms with Crippen LogP contribution in [-0.4, -0.2) is 12.3 Å². The SMILES string of the molecule is CCCC(CCC)OC(C)N. The summed E-state index contributed by atoms with van der Waals surface area (Å²) in [7, 11) is 0. The van der Waals surface area contributed by atoms with E-state index in [9.17, 15) is 0 Å². The molecule has 0 spiro atoms. The van der Waals surface area contributed by atoms with E-state index in [1.54, 1.807) is 0 Å². The largest absolute Gasteiger partial charge is 0.361 e. The zero-order chi connectivity index (χ0) is 8.69. The van der Waals surface area contributed by atoms with Gasteiger partial charge >= 0.3 is 0 Å². The molecule has 0 aromatic carbocycles. The lowest BCUT2D eigenvalue weighted by Gasteiger charge is -2.18. The average Bonchev–Trinajstić information content (AvgIpc) is 1.87. The lowest BCUT2D eigenvalue weighted by Crippen LogP contribution is -2.26. The fourth-order valence-corrected chi connectivity index (χ4v) is 1.23.